The molecule has 2 aromatic heterocycles. The van der Waals surface area contributed by atoms with Gasteiger partial charge in [0, 0.05) is 5.39 Å². The van der Waals surface area contributed by atoms with E-state index in [4.69, 9.17) is 5.26 Å². The first kappa shape index (κ1) is 10.2. The molecule has 0 aliphatic rings. The van der Waals surface area contributed by atoms with Gasteiger partial charge in [0.25, 0.3) is 5.56 Å². The van der Waals surface area contributed by atoms with E-state index in [9.17, 15) is 4.79 Å². The first-order chi connectivity index (χ1) is 8.79. The average molecular weight is 237 g/mol. The van der Waals surface area contributed by atoms with Crippen LogP contribution in [0.4, 0.5) is 0 Å². The molecule has 0 saturated heterocycles. The van der Waals surface area contributed by atoms with E-state index in [1.807, 2.05) is 6.07 Å². The van der Waals surface area contributed by atoms with Gasteiger partial charge < -0.3 is 0 Å². The maximum atomic E-state index is 12.1. The Kier molecular flexibility index (Phi) is 2.17. The van der Waals surface area contributed by atoms with Crippen molar-refractivity contribution in [2.45, 2.75) is 0 Å². The molecule has 0 amide bonds. The molecule has 0 spiro atoms. The van der Waals surface area contributed by atoms with Crippen LogP contribution < -0.4 is 5.56 Å². The van der Waals surface area contributed by atoms with Crippen molar-refractivity contribution in [1.29, 1.82) is 5.26 Å². The molecule has 3 rings (SSSR count). The van der Waals surface area contributed by atoms with Crippen LogP contribution in [-0.2, 0) is 0 Å². The summed E-state index contributed by atoms with van der Waals surface area (Å²) < 4.78 is 1.27. The maximum absolute atomic E-state index is 12.1. The van der Waals surface area contributed by atoms with Crippen molar-refractivity contribution < 1.29 is 0 Å². The molecule has 0 unspecified atom stereocenters. The van der Waals surface area contributed by atoms with Crippen LogP contribution in [0, 0.1) is 11.3 Å². The normalized spacial score (nSPS) is 10.4. The monoisotopic (exact) mass is 237 g/mol. The zero-order valence-corrected chi connectivity index (χ0v) is 9.16. The lowest BCUT2D eigenvalue weighted by Crippen LogP contribution is -2.20. The number of benzene rings is 1. The highest BCUT2D eigenvalue weighted by molar-refractivity contribution is 5.75. The van der Waals surface area contributed by atoms with Crippen molar-refractivity contribution in [1.82, 2.24) is 20.0 Å². The minimum absolute atomic E-state index is 0.269. The molecule has 6 nitrogen and oxygen atoms in total. The second kappa shape index (κ2) is 3.82. The lowest BCUT2D eigenvalue weighted by Gasteiger charge is -2.03. The third kappa shape index (κ3) is 1.46. The molecular formula is C12H7N5O. The maximum Gasteiger partial charge on any atom is 0.297 e. The van der Waals surface area contributed by atoms with Crippen molar-refractivity contribution in [3.8, 4) is 11.8 Å². The Bertz CT molecular complexity index is 807. The highest BCUT2D eigenvalue weighted by atomic mass is 16.1. The summed E-state index contributed by atoms with van der Waals surface area (Å²) in [5, 5.41) is 19.9. The summed E-state index contributed by atoms with van der Waals surface area (Å²) in [5.74, 6) is 0. The van der Waals surface area contributed by atoms with E-state index in [0.717, 1.165) is 0 Å². The molecule has 18 heavy (non-hydrogen) atoms. The van der Waals surface area contributed by atoms with Gasteiger partial charge in [0.1, 0.15) is 5.52 Å². The molecule has 6 heteroatoms. The van der Waals surface area contributed by atoms with Crippen LogP contribution in [0.5, 0.6) is 0 Å². The van der Waals surface area contributed by atoms with Gasteiger partial charge in [-0.05, 0) is 24.3 Å². The van der Waals surface area contributed by atoms with E-state index in [1.165, 1.54) is 4.68 Å². The summed E-state index contributed by atoms with van der Waals surface area (Å²) in [6.45, 7) is 0. The predicted molar refractivity (Wildman–Crippen MR) is 64.2 cm³/mol. The number of nitrogens with one attached hydrogen (secondary N) is 1. The van der Waals surface area contributed by atoms with Gasteiger partial charge in [-0.2, -0.15) is 20.1 Å². The number of fused-ring (bicyclic) bond motifs is 1. The van der Waals surface area contributed by atoms with Gasteiger partial charge in [-0.3, -0.25) is 9.89 Å². The fraction of sp³-hybridized carbons (Fsp3) is 0. The summed E-state index contributed by atoms with van der Waals surface area (Å²) in [6.07, 6.45) is 3.12. The summed E-state index contributed by atoms with van der Waals surface area (Å²) in [6, 6.07) is 8.65. The molecule has 1 aromatic carbocycles. The fourth-order valence-corrected chi connectivity index (χ4v) is 1.70. The largest absolute Gasteiger partial charge is 0.297 e. The van der Waals surface area contributed by atoms with Crippen LogP contribution in [0.25, 0.3) is 16.6 Å². The smallest absolute Gasteiger partial charge is 0.272 e. The molecule has 86 valence electrons. The van der Waals surface area contributed by atoms with Gasteiger partial charge in [0.15, 0.2) is 0 Å². The average Bonchev–Trinajstić information content (AvgIpc) is 2.89. The molecule has 0 atom stereocenters. The van der Waals surface area contributed by atoms with Crippen LogP contribution >= 0.6 is 0 Å². The lowest BCUT2D eigenvalue weighted by atomic mass is 10.2. The van der Waals surface area contributed by atoms with E-state index in [0.29, 0.717) is 22.2 Å². The van der Waals surface area contributed by atoms with Crippen LogP contribution in [-0.4, -0.2) is 20.0 Å². The Hall–Kier alpha value is -2.94. The fourth-order valence-electron chi connectivity index (χ4n) is 1.70. The standard InChI is InChI=1S/C12H7N5O/c13-5-8-1-3-10(4-2-8)17-12(18)11-9(7-15-17)6-14-16-11/h1-4,6-7H,(H,14,16). The second-order valence-electron chi connectivity index (χ2n) is 3.72. The minimum Gasteiger partial charge on any atom is -0.272 e. The van der Waals surface area contributed by atoms with Crippen LogP contribution in [0.3, 0.4) is 0 Å². The number of nitrogens with zero attached hydrogens (tertiary/aromatic N) is 4. The van der Waals surface area contributed by atoms with Crippen molar-refractivity contribution in [3.63, 3.8) is 0 Å². The van der Waals surface area contributed by atoms with Crippen molar-refractivity contribution >= 4 is 10.9 Å². The molecule has 3 aromatic rings. The summed E-state index contributed by atoms with van der Waals surface area (Å²) in [5.41, 5.74) is 1.29. The Morgan fingerprint density at radius 3 is 2.72 bits per heavy atom. The Balaban J connectivity index is 2.22. The van der Waals surface area contributed by atoms with Gasteiger partial charge >= 0.3 is 0 Å². The molecule has 2 heterocycles. The highest BCUT2D eigenvalue weighted by Crippen LogP contribution is 2.08. The Morgan fingerprint density at radius 2 is 2.00 bits per heavy atom. The highest BCUT2D eigenvalue weighted by Gasteiger charge is 2.07. The van der Waals surface area contributed by atoms with E-state index in [-0.39, 0.29) is 5.56 Å². The summed E-state index contributed by atoms with van der Waals surface area (Å²) in [4.78, 5) is 12.1. The SMILES string of the molecule is N#Cc1ccc(-n2ncc3cn[nH]c3c2=O)cc1. The summed E-state index contributed by atoms with van der Waals surface area (Å²) >= 11 is 0. The van der Waals surface area contributed by atoms with Gasteiger partial charge in [0.05, 0.1) is 29.7 Å². The number of hydrogen-bond acceptors (Lipinski definition) is 4. The number of H-pyrrole nitrogens is 1. The van der Waals surface area contributed by atoms with Gasteiger partial charge in [-0.15, -0.1) is 0 Å². The topological polar surface area (TPSA) is 87.4 Å². The summed E-state index contributed by atoms with van der Waals surface area (Å²) in [7, 11) is 0. The van der Waals surface area contributed by atoms with E-state index in [1.54, 1.807) is 36.7 Å². The molecule has 0 fully saturated rings. The lowest BCUT2D eigenvalue weighted by molar-refractivity contribution is 0.818. The van der Waals surface area contributed by atoms with Gasteiger partial charge in [-0.25, -0.2) is 0 Å². The third-order valence-corrected chi connectivity index (χ3v) is 2.63. The van der Waals surface area contributed by atoms with E-state index in [2.05, 4.69) is 15.3 Å². The number of hydrogen-bond donors (Lipinski definition) is 1. The predicted octanol–water partition coefficient (Wildman–Crippen LogP) is 0.980. The molecule has 0 aliphatic heterocycles. The number of aromatic amines is 1. The van der Waals surface area contributed by atoms with Gasteiger partial charge in [-0.1, -0.05) is 0 Å². The number of nitriles is 1. The molecule has 0 saturated carbocycles. The number of rotatable bonds is 1. The molecule has 0 aliphatic carbocycles. The van der Waals surface area contributed by atoms with Crippen molar-refractivity contribution in [2.75, 3.05) is 0 Å². The number of aromatic nitrogens is 4. The third-order valence-electron chi connectivity index (χ3n) is 2.63. The molecule has 0 bridgehead atoms. The quantitative estimate of drug-likeness (QED) is 0.683. The van der Waals surface area contributed by atoms with Crippen LogP contribution in [0.2, 0.25) is 0 Å². The Morgan fingerprint density at radius 1 is 1.22 bits per heavy atom. The van der Waals surface area contributed by atoms with Gasteiger partial charge in [0.2, 0.25) is 0 Å². The van der Waals surface area contributed by atoms with E-state index < -0.39 is 0 Å². The zero-order chi connectivity index (χ0) is 12.5. The van der Waals surface area contributed by atoms with Crippen molar-refractivity contribution in [2.24, 2.45) is 0 Å². The van der Waals surface area contributed by atoms with E-state index >= 15 is 0 Å². The van der Waals surface area contributed by atoms with Crippen molar-refractivity contribution in [3.05, 3.63) is 52.6 Å². The minimum atomic E-state index is -0.269. The first-order valence-corrected chi connectivity index (χ1v) is 5.21. The second-order valence-corrected chi connectivity index (χ2v) is 3.72. The van der Waals surface area contributed by atoms with Crippen LogP contribution in [0.1, 0.15) is 5.56 Å². The Labute approximate surface area is 101 Å². The van der Waals surface area contributed by atoms with Crippen LogP contribution in [0.15, 0.2) is 41.5 Å². The zero-order valence-electron chi connectivity index (χ0n) is 9.16. The molecule has 1 N–H and O–H groups in total. The first-order valence-electron chi connectivity index (χ1n) is 5.21. The molecule has 0 radical (unpaired) electrons. The molecular weight excluding hydrogens is 230 g/mol.